The summed E-state index contributed by atoms with van der Waals surface area (Å²) in [6.07, 6.45) is 5.87. The number of aromatic amines is 1. The fraction of sp³-hybridized carbons (Fsp3) is 0.500. The quantitative estimate of drug-likeness (QED) is 0.469. The summed E-state index contributed by atoms with van der Waals surface area (Å²) in [6, 6.07) is 0. The Morgan fingerprint density at radius 2 is 1.57 bits per heavy atom. The molecule has 0 unspecified atom stereocenters. The summed E-state index contributed by atoms with van der Waals surface area (Å²) in [4.78, 5) is 44.5. The highest BCUT2D eigenvalue weighted by Gasteiger charge is 2.35. The van der Waals surface area contributed by atoms with Gasteiger partial charge in [-0.05, 0) is 68.5 Å². The molecule has 3 N–H and O–H groups in total. The lowest BCUT2D eigenvalue weighted by Crippen LogP contribution is -2.56. The summed E-state index contributed by atoms with van der Waals surface area (Å²) in [5, 5.41) is 8.09. The van der Waals surface area contributed by atoms with Crippen molar-refractivity contribution < 1.29 is 18.9 Å². The Labute approximate surface area is 212 Å². The molecular formula is C26H38N5O3S+. The zero-order chi connectivity index (χ0) is 25.8. The van der Waals surface area contributed by atoms with Gasteiger partial charge in [-0.3, -0.25) is 14.4 Å². The fourth-order valence-electron chi connectivity index (χ4n) is 4.69. The molecule has 0 radical (unpaired) electrons. The monoisotopic (exact) mass is 500 g/mol. The zero-order valence-corrected chi connectivity index (χ0v) is 22.4. The number of allylic oxidation sites excluding steroid dienone is 1. The van der Waals surface area contributed by atoms with Crippen molar-refractivity contribution in [2.75, 3.05) is 50.9 Å². The first-order chi connectivity index (χ1) is 16.5. The molecule has 3 rings (SSSR count). The standard InChI is InChI=1S/C26H37N5O3S/c1-17(2)25-23(19(4)16-35-25)29-21(33)15-31(11-9-7-8-10-12-31)14-20(32)28-22-18(3)13-27-24(22)26(34)30(5)6/h13,16H,1,7-12,14-15H2,2-6H3,(H2-,27,28,29,32,33,34)/p+1. The predicted octanol–water partition coefficient (Wildman–Crippen LogP) is 4.40. The third kappa shape index (κ3) is 6.41. The van der Waals surface area contributed by atoms with E-state index in [9.17, 15) is 14.4 Å². The number of carbonyl (C=O) groups is 3. The zero-order valence-electron chi connectivity index (χ0n) is 21.5. The number of amides is 3. The molecule has 3 amide bonds. The van der Waals surface area contributed by atoms with Crippen molar-refractivity contribution in [1.29, 1.82) is 0 Å². The van der Waals surface area contributed by atoms with E-state index in [4.69, 9.17) is 0 Å². The SMILES string of the molecule is C=C(C)c1scc(C)c1NC(=O)C[N+]1(CC(=O)Nc2c(C)c[nH]c2C(=O)N(C)C)CCCCCC1. The molecular weight excluding hydrogens is 462 g/mol. The van der Waals surface area contributed by atoms with Crippen LogP contribution in [0.25, 0.3) is 5.57 Å². The topological polar surface area (TPSA) is 94.3 Å². The second-order valence-electron chi connectivity index (χ2n) is 9.94. The average Bonchev–Trinajstić information content (AvgIpc) is 3.22. The van der Waals surface area contributed by atoms with E-state index in [1.807, 2.05) is 26.2 Å². The normalized spacial score (nSPS) is 15.2. The lowest BCUT2D eigenvalue weighted by Gasteiger charge is -2.36. The molecule has 35 heavy (non-hydrogen) atoms. The summed E-state index contributed by atoms with van der Waals surface area (Å²) in [5.74, 6) is -0.486. The van der Waals surface area contributed by atoms with Gasteiger partial charge in [0.05, 0.1) is 29.3 Å². The van der Waals surface area contributed by atoms with Crippen LogP contribution in [-0.4, -0.2) is 72.4 Å². The molecule has 0 bridgehead atoms. The van der Waals surface area contributed by atoms with Gasteiger partial charge in [0.25, 0.3) is 17.7 Å². The van der Waals surface area contributed by atoms with Crippen LogP contribution in [-0.2, 0) is 9.59 Å². The Morgan fingerprint density at radius 3 is 2.11 bits per heavy atom. The van der Waals surface area contributed by atoms with Crippen molar-refractivity contribution in [3.63, 3.8) is 0 Å². The molecule has 1 fully saturated rings. The van der Waals surface area contributed by atoms with Gasteiger partial charge in [0.1, 0.15) is 5.69 Å². The van der Waals surface area contributed by atoms with Crippen LogP contribution in [0.3, 0.4) is 0 Å². The van der Waals surface area contributed by atoms with Crippen LogP contribution < -0.4 is 10.6 Å². The molecule has 2 aromatic rings. The number of nitrogens with zero attached hydrogens (tertiary/aromatic N) is 2. The fourth-order valence-corrected chi connectivity index (χ4v) is 5.63. The number of rotatable bonds is 8. The number of aromatic nitrogens is 1. The molecule has 1 aliphatic heterocycles. The van der Waals surface area contributed by atoms with Gasteiger partial charge in [0, 0.05) is 20.3 Å². The number of carbonyl (C=O) groups excluding carboxylic acids is 3. The van der Waals surface area contributed by atoms with E-state index in [0.29, 0.717) is 15.9 Å². The highest BCUT2D eigenvalue weighted by atomic mass is 32.1. The Morgan fingerprint density at radius 1 is 1.00 bits per heavy atom. The summed E-state index contributed by atoms with van der Waals surface area (Å²) >= 11 is 1.58. The minimum Gasteiger partial charge on any atom is -0.355 e. The van der Waals surface area contributed by atoms with Crippen LogP contribution in [0.5, 0.6) is 0 Å². The molecule has 0 aromatic carbocycles. The molecule has 0 saturated carbocycles. The van der Waals surface area contributed by atoms with E-state index < -0.39 is 0 Å². The van der Waals surface area contributed by atoms with Gasteiger partial charge in [0.2, 0.25) is 0 Å². The molecule has 1 saturated heterocycles. The molecule has 3 heterocycles. The third-order valence-electron chi connectivity index (χ3n) is 6.56. The van der Waals surface area contributed by atoms with Gasteiger partial charge >= 0.3 is 0 Å². The van der Waals surface area contributed by atoms with Gasteiger partial charge in [-0.1, -0.05) is 6.58 Å². The first kappa shape index (κ1) is 26.7. The van der Waals surface area contributed by atoms with Gasteiger partial charge in [-0.15, -0.1) is 11.3 Å². The summed E-state index contributed by atoms with van der Waals surface area (Å²) in [7, 11) is 3.35. The Kier molecular flexibility index (Phi) is 8.56. The second kappa shape index (κ2) is 11.2. The third-order valence-corrected chi connectivity index (χ3v) is 7.82. The van der Waals surface area contributed by atoms with E-state index in [1.54, 1.807) is 31.6 Å². The Balaban J connectivity index is 1.78. The second-order valence-corrected chi connectivity index (χ2v) is 10.8. The van der Waals surface area contributed by atoms with Crippen molar-refractivity contribution in [2.24, 2.45) is 0 Å². The van der Waals surface area contributed by atoms with E-state index in [0.717, 1.165) is 66.0 Å². The lowest BCUT2D eigenvalue weighted by molar-refractivity contribution is -0.912. The van der Waals surface area contributed by atoms with Crippen LogP contribution in [0.2, 0.25) is 0 Å². The number of likely N-dealkylation sites (tertiary alicyclic amines) is 1. The smallest absolute Gasteiger partial charge is 0.279 e. The maximum Gasteiger partial charge on any atom is 0.279 e. The molecule has 9 heteroatoms. The average molecular weight is 501 g/mol. The lowest BCUT2D eigenvalue weighted by atomic mass is 10.2. The molecule has 1 aliphatic rings. The van der Waals surface area contributed by atoms with Gasteiger partial charge in [0.15, 0.2) is 13.1 Å². The maximum absolute atomic E-state index is 13.3. The molecule has 2 aromatic heterocycles. The number of hydrogen-bond acceptors (Lipinski definition) is 4. The molecule has 190 valence electrons. The highest BCUT2D eigenvalue weighted by Crippen LogP contribution is 2.33. The van der Waals surface area contributed by atoms with Gasteiger partial charge in [-0.2, -0.15) is 0 Å². The maximum atomic E-state index is 13.3. The van der Waals surface area contributed by atoms with Crippen molar-refractivity contribution in [1.82, 2.24) is 9.88 Å². The van der Waals surface area contributed by atoms with Crippen molar-refractivity contribution in [2.45, 2.75) is 46.5 Å². The molecule has 0 atom stereocenters. The van der Waals surface area contributed by atoms with Gasteiger partial charge < -0.3 is 25.0 Å². The number of aryl methyl sites for hydroxylation is 2. The van der Waals surface area contributed by atoms with E-state index in [-0.39, 0.29) is 30.8 Å². The largest absolute Gasteiger partial charge is 0.355 e. The van der Waals surface area contributed by atoms with Crippen LogP contribution in [0.1, 0.15) is 59.1 Å². The number of thiophene rings is 1. The van der Waals surface area contributed by atoms with Crippen LogP contribution in [0, 0.1) is 13.8 Å². The predicted molar refractivity (Wildman–Crippen MR) is 143 cm³/mol. The van der Waals surface area contributed by atoms with Crippen molar-refractivity contribution in [3.8, 4) is 0 Å². The first-order valence-electron chi connectivity index (χ1n) is 12.1. The van der Waals surface area contributed by atoms with Crippen LogP contribution >= 0.6 is 11.3 Å². The molecule has 8 nitrogen and oxygen atoms in total. The number of H-pyrrole nitrogens is 1. The Bertz CT molecular complexity index is 1110. The van der Waals surface area contributed by atoms with Crippen molar-refractivity contribution >= 4 is 46.0 Å². The number of nitrogens with one attached hydrogen (secondary N) is 3. The van der Waals surface area contributed by atoms with E-state index >= 15 is 0 Å². The molecule has 0 aliphatic carbocycles. The minimum atomic E-state index is -0.203. The Hall–Kier alpha value is -2.91. The van der Waals surface area contributed by atoms with Crippen LogP contribution in [0.15, 0.2) is 18.2 Å². The molecule has 0 spiro atoms. The summed E-state index contributed by atoms with van der Waals surface area (Å²) in [6.45, 7) is 11.8. The summed E-state index contributed by atoms with van der Waals surface area (Å²) in [5.41, 5.74) is 4.42. The van der Waals surface area contributed by atoms with E-state index in [2.05, 4.69) is 22.2 Å². The van der Waals surface area contributed by atoms with E-state index in [1.165, 1.54) is 4.90 Å². The highest BCUT2D eigenvalue weighted by molar-refractivity contribution is 7.11. The van der Waals surface area contributed by atoms with Crippen molar-refractivity contribution in [3.05, 3.63) is 39.9 Å². The first-order valence-corrected chi connectivity index (χ1v) is 13.0. The minimum absolute atomic E-state index is 0.0926. The van der Waals surface area contributed by atoms with Crippen LogP contribution in [0.4, 0.5) is 11.4 Å². The summed E-state index contributed by atoms with van der Waals surface area (Å²) < 4.78 is 0.406. The number of anilines is 2. The van der Waals surface area contributed by atoms with Gasteiger partial charge in [-0.25, -0.2) is 0 Å². The number of hydrogen-bond donors (Lipinski definition) is 3. The number of quaternary nitrogens is 1.